The van der Waals surface area contributed by atoms with Crippen molar-refractivity contribution in [1.82, 2.24) is 15.4 Å². The molecule has 0 aromatic carbocycles. The van der Waals surface area contributed by atoms with Gasteiger partial charge in [-0.25, -0.2) is 4.98 Å². The van der Waals surface area contributed by atoms with Crippen LogP contribution < -0.4 is 5.48 Å². The van der Waals surface area contributed by atoms with Crippen molar-refractivity contribution in [2.75, 3.05) is 6.61 Å². The van der Waals surface area contributed by atoms with E-state index in [2.05, 4.69) is 15.4 Å². The third kappa shape index (κ3) is 2.28. The summed E-state index contributed by atoms with van der Waals surface area (Å²) in [5.41, 5.74) is 2.57. The number of hydroxylamine groups is 1. The molecule has 0 radical (unpaired) electrons. The second-order valence-electron chi connectivity index (χ2n) is 1.80. The highest BCUT2D eigenvalue weighted by Crippen LogP contribution is 1.89. The molecular weight excluding hydrogens is 162 g/mol. The summed E-state index contributed by atoms with van der Waals surface area (Å²) < 4.78 is 0. The Bertz CT molecular complexity index is 222. The van der Waals surface area contributed by atoms with Gasteiger partial charge >= 0.3 is 0 Å². The molecule has 0 aliphatic carbocycles. The molecule has 0 unspecified atom stereocenters. The van der Waals surface area contributed by atoms with Gasteiger partial charge in [0.15, 0.2) is 10.8 Å². The van der Waals surface area contributed by atoms with Gasteiger partial charge in [-0.3, -0.25) is 10.3 Å². The lowest BCUT2D eigenvalue weighted by Gasteiger charge is -2.02. The van der Waals surface area contributed by atoms with Crippen LogP contribution in [0.1, 0.15) is 12.7 Å². The van der Waals surface area contributed by atoms with Crippen LogP contribution in [0, 0.1) is 0 Å². The standard InChI is InChI=1S/C6H9N3OS/c1-2-10-9-6(11)5-7-3-4-8-5/h3-4H,2H2,1H3,(H,7,8)(H,9,11). The van der Waals surface area contributed by atoms with Gasteiger partial charge in [-0.2, -0.15) is 0 Å². The monoisotopic (exact) mass is 171 g/mol. The fraction of sp³-hybridized carbons (Fsp3) is 0.333. The first kappa shape index (κ1) is 8.16. The summed E-state index contributed by atoms with van der Waals surface area (Å²) in [6.45, 7) is 2.44. The van der Waals surface area contributed by atoms with Gasteiger partial charge < -0.3 is 4.98 Å². The zero-order valence-electron chi connectivity index (χ0n) is 6.13. The summed E-state index contributed by atoms with van der Waals surface area (Å²) in [6.07, 6.45) is 3.34. The van der Waals surface area contributed by atoms with Crippen LogP contribution in [0.3, 0.4) is 0 Å². The molecular formula is C6H9N3OS. The summed E-state index contributed by atoms with van der Waals surface area (Å²) in [7, 11) is 0. The van der Waals surface area contributed by atoms with Gasteiger partial charge in [-0.15, -0.1) is 0 Å². The third-order valence-corrected chi connectivity index (χ3v) is 1.30. The van der Waals surface area contributed by atoms with Crippen molar-refractivity contribution in [3.8, 4) is 0 Å². The van der Waals surface area contributed by atoms with Crippen LogP contribution in [0.25, 0.3) is 0 Å². The number of nitrogens with one attached hydrogen (secondary N) is 2. The van der Waals surface area contributed by atoms with Gasteiger partial charge in [0.25, 0.3) is 0 Å². The van der Waals surface area contributed by atoms with Gasteiger partial charge in [-0.1, -0.05) is 12.2 Å². The Kier molecular flexibility index (Phi) is 3.00. The lowest BCUT2D eigenvalue weighted by Crippen LogP contribution is -2.23. The SMILES string of the molecule is CCONC(=S)c1ncc[nH]1. The highest BCUT2D eigenvalue weighted by atomic mass is 32.1. The van der Waals surface area contributed by atoms with Crippen molar-refractivity contribution in [2.45, 2.75) is 6.92 Å². The van der Waals surface area contributed by atoms with Crippen molar-refractivity contribution in [3.63, 3.8) is 0 Å². The molecule has 0 aliphatic heterocycles. The zero-order valence-corrected chi connectivity index (χ0v) is 6.94. The predicted octanol–water partition coefficient (Wildman–Crippen LogP) is 0.626. The second kappa shape index (κ2) is 4.05. The van der Waals surface area contributed by atoms with Crippen molar-refractivity contribution >= 4 is 17.2 Å². The Balaban J connectivity index is 2.43. The maximum atomic E-state index is 4.91. The number of imidazole rings is 1. The van der Waals surface area contributed by atoms with Crippen LogP contribution in [0.2, 0.25) is 0 Å². The minimum Gasteiger partial charge on any atom is -0.343 e. The molecule has 1 aromatic rings. The molecule has 0 saturated heterocycles. The largest absolute Gasteiger partial charge is 0.343 e. The molecule has 60 valence electrons. The molecule has 0 saturated carbocycles. The number of aromatic nitrogens is 2. The Morgan fingerprint density at radius 3 is 3.27 bits per heavy atom. The van der Waals surface area contributed by atoms with E-state index in [0.29, 0.717) is 17.4 Å². The van der Waals surface area contributed by atoms with E-state index in [4.69, 9.17) is 17.1 Å². The number of nitrogens with zero attached hydrogens (tertiary/aromatic N) is 1. The molecule has 0 fully saturated rings. The van der Waals surface area contributed by atoms with Crippen molar-refractivity contribution < 1.29 is 4.84 Å². The molecule has 0 amide bonds. The van der Waals surface area contributed by atoms with Crippen molar-refractivity contribution in [2.24, 2.45) is 0 Å². The number of H-pyrrole nitrogens is 1. The molecule has 1 rings (SSSR count). The molecule has 5 heteroatoms. The van der Waals surface area contributed by atoms with Crippen molar-refractivity contribution in [1.29, 1.82) is 0 Å². The van der Waals surface area contributed by atoms with Crippen molar-refractivity contribution in [3.05, 3.63) is 18.2 Å². The number of hydrogen-bond donors (Lipinski definition) is 2. The summed E-state index contributed by atoms with van der Waals surface area (Å²) in [5, 5.41) is 0. The van der Waals surface area contributed by atoms with E-state index in [1.807, 2.05) is 6.92 Å². The van der Waals surface area contributed by atoms with Gasteiger partial charge in [0, 0.05) is 12.4 Å². The van der Waals surface area contributed by atoms with E-state index in [1.54, 1.807) is 12.4 Å². The molecule has 0 spiro atoms. The maximum Gasteiger partial charge on any atom is 0.167 e. The molecule has 11 heavy (non-hydrogen) atoms. The Labute approximate surface area is 69.9 Å². The number of rotatable bonds is 3. The Hall–Kier alpha value is -0.940. The first-order valence-corrected chi connectivity index (χ1v) is 3.67. The molecule has 1 heterocycles. The van der Waals surface area contributed by atoms with Crippen LogP contribution in [0.4, 0.5) is 0 Å². The van der Waals surface area contributed by atoms with E-state index in [-0.39, 0.29) is 0 Å². The first-order chi connectivity index (χ1) is 5.34. The lowest BCUT2D eigenvalue weighted by molar-refractivity contribution is 0.0987. The van der Waals surface area contributed by atoms with Crippen LogP contribution in [-0.2, 0) is 4.84 Å². The topological polar surface area (TPSA) is 49.9 Å². The predicted molar refractivity (Wildman–Crippen MR) is 45.0 cm³/mol. The summed E-state index contributed by atoms with van der Waals surface area (Å²) in [6, 6.07) is 0. The van der Waals surface area contributed by atoms with Crippen LogP contribution in [-0.4, -0.2) is 21.6 Å². The van der Waals surface area contributed by atoms with E-state index in [9.17, 15) is 0 Å². The van der Waals surface area contributed by atoms with Gasteiger partial charge in [0.2, 0.25) is 0 Å². The summed E-state index contributed by atoms with van der Waals surface area (Å²) >= 11 is 4.91. The summed E-state index contributed by atoms with van der Waals surface area (Å²) in [5.74, 6) is 0.619. The molecule has 0 bridgehead atoms. The van der Waals surface area contributed by atoms with E-state index >= 15 is 0 Å². The normalized spacial score (nSPS) is 9.55. The number of aromatic amines is 1. The fourth-order valence-corrected chi connectivity index (χ4v) is 0.746. The minimum absolute atomic E-state index is 0.469. The molecule has 2 N–H and O–H groups in total. The average Bonchev–Trinajstić information content (AvgIpc) is 2.52. The smallest absolute Gasteiger partial charge is 0.167 e. The summed E-state index contributed by atoms with van der Waals surface area (Å²) in [4.78, 5) is 12.1. The molecule has 0 aliphatic rings. The van der Waals surface area contributed by atoms with Crippen LogP contribution in [0.15, 0.2) is 12.4 Å². The Morgan fingerprint density at radius 1 is 1.91 bits per heavy atom. The molecule has 4 nitrogen and oxygen atoms in total. The second-order valence-corrected chi connectivity index (χ2v) is 2.21. The van der Waals surface area contributed by atoms with Gasteiger partial charge in [0.05, 0.1) is 6.61 Å². The van der Waals surface area contributed by atoms with Gasteiger partial charge in [-0.05, 0) is 6.92 Å². The van der Waals surface area contributed by atoms with Crippen LogP contribution >= 0.6 is 12.2 Å². The minimum atomic E-state index is 0.469. The first-order valence-electron chi connectivity index (χ1n) is 3.26. The maximum absolute atomic E-state index is 4.91. The zero-order chi connectivity index (χ0) is 8.10. The third-order valence-electron chi connectivity index (χ3n) is 1.02. The van der Waals surface area contributed by atoms with E-state index < -0.39 is 0 Å². The van der Waals surface area contributed by atoms with Gasteiger partial charge in [0.1, 0.15) is 0 Å². The Morgan fingerprint density at radius 2 is 2.73 bits per heavy atom. The fourth-order valence-electron chi connectivity index (χ4n) is 0.576. The van der Waals surface area contributed by atoms with E-state index in [0.717, 1.165) is 0 Å². The van der Waals surface area contributed by atoms with E-state index in [1.165, 1.54) is 0 Å². The lowest BCUT2D eigenvalue weighted by atomic mass is 10.6. The number of thiocarbonyl (C=S) groups is 1. The highest BCUT2D eigenvalue weighted by molar-refractivity contribution is 7.80. The number of hydrogen-bond acceptors (Lipinski definition) is 3. The average molecular weight is 171 g/mol. The molecule has 0 atom stereocenters. The quantitative estimate of drug-likeness (QED) is 0.517. The van der Waals surface area contributed by atoms with Crippen LogP contribution in [0.5, 0.6) is 0 Å². The highest BCUT2D eigenvalue weighted by Gasteiger charge is 2.00. The molecule has 1 aromatic heterocycles.